The van der Waals surface area contributed by atoms with E-state index in [-0.39, 0.29) is 23.5 Å². The van der Waals surface area contributed by atoms with E-state index in [1.807, 2.05) is 13.0 Å². The highest BCUT2D eigenvalue weighted by Crippen LogP contribution is 2.64. The number of allylic oxidation sites excluding steroid dienone is 6. The van der Waals surface area contributed by atoms with Crippen LogP contribution in [0, 0.1) is 16.7 Å². The van der Waals surface area contributed by atoms with Crippen LogP contribution in [0.2, 0.25) is 0 Å². The smallest absolute Gasteiger partial charge is 0.308 e. The van der Waals surface area contributed by atoms with Gasteiger partial charge in [0.15, 0.2) is 12.4 Å². The number of carbonyl (C=O) groups excluding carboxylic acids is 3. The zero-order chi connectivity index (χ0) is 22.6. The Morgan fingerprint density at radius 2 is 1.97 bits per heavy atom. The first-order chi connectivity index (χ1) is 14.5. The molecule has 1 saturated carbocycles. The molecule has 0 aromatic rings. The number of aliphatic hydroxyl groups is 2. The van der Waals surface area contributed by atoms with Gasteiger partial charge in [-0.2, -0.15) is 0 Å². The largest absolute Gasteiger partial charge is 0.457 e. The highest BCUT2D eigenvalue weighted by molar-refractivity contribution is 6.01. The molecule has 6 nitrogen and oxygen atoms in total. The molecule has 4 aliphatic carbocycles. The van der Waals surface area contributed by atoms with E-state index >= 15 is 0 Å². The summed E-state index contributed by atoms with van der Waals surface area (Å²) in [6.45, 7) is 5.19. The summed E-state index contributed by atoms with van der Waals surface area (Å²) in [5.41, 5.74) is 1.46. The third-order valence-corrected chi connectivity index (χ3v) is 8.35. The van der Waals surface area contributed by atoms with Crippen molar-refractivity contribution in [2.24, 2.45) is 16.7 Å². The van der Waals surface area contributed by atoms with E-state index in [0.29, 0.717) is 12.8 Å². The highest BCUT2D eigenvalue weighted by atomic mass is 16.5. The van der Waals surface area contributed by atoms with Gasteiger partial charge in [-0.3, -0.25) is 14.4 Å². The normalized spacial score (nSPS) is 37.5. The molecule has 31 heavy (non-hydrogen) atoms. The average molecular weight is 429 g/mol. The van der Waals surface area contributed by atoms with Gasteiger partial charge in [0, 0.05) is 10.8 Å². The number of rotatable bonds is 5. The third-order valence-electron chi connectivity index (χ3n) is 8.35. The van der Waals surface area contributed by atoms with Crippen molar-refractivity contribution in [2.45, 2.75) is 77.4 Å². The van der Waals surface area contributed by atoms with Crippen molar-refractivity contribution in [3.8, 4) is 0 Å². The Balaban J connectivity index is 1.58. The Kier molecular flexibility index (Phi) is 5.38. The standard InChI is InChI=1S/C25H32O6/c1-15(26)12-22(29)31-14-21(28)25(30)11-8-20-18-5-4-16-13-17(27)6-9-23(16,2)19(18)7-10-24(20,25)3/h6,9,13,15,20,26,30H,4-5,7-8,10-12,14H2,1-3H3/t15?,20-,23-,24-,25-/m0/s1. The van der Waals surface area contributed by atoms with Crippen LogP contribution < -0.4 is 0 Å². The molecule has 5 atom stereocenters. The number of esters is 1. The molecule has 1 fully saturated rings. The Morgan fingerprint density at radius 1 is 1.23 bits per heavy atom. The molecule has 0 aliphatic heterocycles. The second-order valence-corrected chi connectivity index (χ2v) is 10.1. The van der Waals surface area contributed by atoms with Crippen molar-refractivity contribution in [3.05, 3.63) is 34.9 Å². The van der Waals surface area contributed by atoms with Crippen molar-refractivity contribution in [1.82, 2.24) is 0 Å². The van der Waals surface area contributed by atoms with Crippen LogP contribution in [0.25, 0.3) is 0 Å². The fourth-order valence-corrected chi connectivity index (χ4v) is 6.50. The minimum atomic E-state index is -1.53. The lowest BCUT2D eigenvalue weighted by Gasteiger charge is -2.51. The molecule has 4 aliphatic rings. The molecule has 2 N–H and O–H groups in total. The van der Waals surface area contributed by atoms with E-state index in [1.165, 1.54) is 18.1 Å². The topological polar surface area (TPSA) is 101 Å². The van der Waals surface area contributed by atoms with Gasteiger partial charge in [0.2, 0.25) is 5.78 Å². The van der Waals surface area contributed by atoms with Gasteiger partial charge in [0.1, 0.15) is 5.60 Å². The SMILES string of the molecule is CC(O)CC(=O)OCC(=O)[C@@]1(O)CC[C@H]2C3=C(CC[C@@]21C)[C@@]1(C)C=CC(=O)C=C1CC3. The van der Waals surface area contributed by atoms with Gasteiger partial charge in [-0.15, -0.1) is 0 Å². The van der Waals surface area contributed by atoms with Crippen LogP contribution in [-0.2, 0) is 19.1 Å². The molecular weight excluding hydrogens is 396 g/mol. The predicted molar refractivity (Wildman–Crippen MR) is 114 cm³/mol. The molecule has 0 saturated heterocycles. The number of hydrogen-bond acceptors (Lipinski definition) is 6. The van der Waals surface area contributed by atoms with Crippen molar-refractivity contribution in [3.63, 3.8) is 0 Å². The summed E-state index contributed by atoms with van der Waals surface area (Å²) in [6.07, 6.45) is 8.63. The van der Waals surface area contributed by atoms with Crippen LogP contribution in [0.15, 0.2) is 34.9 Å². The van der Waals surface area contributed by atoms with Gasteiger partial charge >= 0.3 is 5.97 Å². The number of Topliss-reactive ketones (excluding diaryl/α,β-unsaturated/α-hetero) is 1. The predicted octanol–water partition coefficient (Wildman–Crippen LogP) is 2.97. The molecule has 168 valence electrons. The van der Waals surface area contributed by atoms with Crippen LogP contribution in [0.1, 0.15) is 65.7 Å². The minimum absolute atomic E-state index is 0.0446. The van der Waals surface area contributed by atoms with Crippen LogP contribution in [-0.4, -0.2) is 46.1 Å². The monoisotopic (exact) mass is 428 g/mol. The van der Waals surface area contributed by atoms with Crippen molar-refractivity contribution in [1.29, 1.82) is 0 Å². The summed E-state index contributed by atoms with van der Waals surface area (Å²) in [5, 5.41) is 20.9. The third kappa shape index (κ3) is 3.35. The highest BCUT2D eigenvalue weighted by Gasteiger charge is 2.63. The van der Waals surface area contributed by atoms with Crippen LogP contribution >= 0.6 is 0 Å². The van der Waals surface area contributed by atoms with Gasteiger partial charge in [-0.25, -0.2) is 0 Å². The van der Waals surface area contributed by atoms with Crippen molar-refractivity contribution < 1.29 is 29.3 Å². The first-order valence-electron chi connectivity index (χ1n) is 11.3. The summed E-state index contributed by atoms with van der Waals surface area (Å²) in [4.78, 5) is 36.7. The Bertz CT molecular complexity index is 924. The minimum Gasteiger partial charge on any atom is -0.457 e. The molecule has 0 spiro atoms. The summed E-state index contributed by atoms with van der Waals surface area (Å²) in [5.74, 6) is -0.949. The number of aliphatic hydroxyl groups excluding tert-OH is 1. The van der Waals surface area contributed by atoms with E-state index in [1.54, 1.807) is 12.2 Å². The summed E-state index contributed by atoms with van der Waals surface area (Å²) in [6, 6.07) is 0. The lowest BCUT2D eigenvalue weighted by atomic mass is 9.53. The van der Waals surface area contributed by atoms with Gasteiger partial charge in [-0.1, -0.05) is 29.7 Å². The summed E-state index contributed by atoms with van der Waals surface area (Å²) in [7, 11) is 0. The summed E-state index contributed by atoms with van der Waals surface area (Å²) < 4.78 is 5.05. The van der Waals surface area contributed by atoms with Crippen molar-refractivity contribution in [2.75, 3.05) is 6.61 Å². The van der Waals surface area contributed by atoms with Crippen molar-refractivity contribution >= 4 is 17.5 Å². The molecule has 1 unspecified atom stereocenters. The number of carbonyl (C=O) groups is 3. The van der Waals surface area contributed by atoms with Gasteiger partial charge in [-0.05, 0) is 70.4 Å². The van der Waals surface area contributed by atoms with Gasteiger partial charge in [0.25, 0.3) is 0 Å². The van der Waals surface area contributed by atoms with E-state index in [2.05, 4.69) is 6.92 Å². The molecule has 6 heteroatoms. The second-order valence-electron chi connectivity index (χ2n) is 10.1. The van der Waals surface area contributed by atoms with E-state index in [0.717, 1.165) is 31.3 Å². The van der Waals surface area contributed by atoms with Gasteiger partial charge in [0.05, 0.1) is 12.5 Å². The Morgan fingerprint density at radius 3 is 2.68 bits per heavy atom. The average Bonchev–Trinajstić information content (AvgIpc) is 2.98. The second kappa shape index (κ2) is 7.52. The molecule has 4 rings (SSSR count). The molecule has 0 amide bonds. The van der Waals surface area contributed by atoms with Crippen LogP contribution in [0.3, 0.4) is 0 Å². The molecular formula is C25H32O6. The van der Waals surface area contributed by atoms with E-state index in [4.69, 9.17) is 4.74 Å². The number of hydrogen-bond donors (Lipinski definition) is 2. The number of ether oxygens (including phenoxy) is 1. The Labute approximate surface area is 183 Å². The van der Waals surface area contributed by atoms with Crippen LogP contribution in [0.4, 0.5) is 0 Å². The zero-order valence-corrected chi connectivity index (χ0v) is 18.6. The lowest BCUT2D eigenvalue weighted by Crippen LogP contribution is -2.54. The fraction of sp³-hybridized carbons (Fsp3) is 0.640. The van der Waals surface area contributed by atoms with E-state index < -0.39 is 35.5 Å². The first kappa shape index (κ1) is 22.2. The molecule has 0 bridgehead atoms. The molecule has 0 radical (unpaired) electrons. The maximum absolute atomic E-state index is 13.0. The van der Waals surface area contributed by atoms with E-state index in [9.17, 15) is 24.6 Å². The van der Waals surface area contributed by atoms with Crippen LogP contribution in [0.5, 0.6) is 0 Å². The quantitative estimate of drug-likeness (QED) is 0.516. The Hall–Kier alpha value is -2.05. The number of fused-ring (bicyclic) bond motifs is 4. The van der Waals surface area contributed by atoms with Gasteiger partial charge < -0.3 is 14.9 Å². The lowest BCUT2D eigenvalue weighted by molar-refractivity contribution is -0.163. The zero-order valence-electron chi connectivity index (χ0n) is 18.6. The molecule has 0 aromatic carbocycles. The number of ketones is 2. The summed E-state index contributed by atoms with van der Waals surface area (Å²) >= 11 is 0. The first-order valence-corrected chi connectivity index (χ1v) is 11.3. The fourth-order valence-electron chi connectivity index (χ4n) is 6.50. The maximum atomic E-state index is 13.0. The maximum Gasteiger partial charge on any atom is 0.308 e. The molecule has 0 aromatic heterocycles. The molecule has 0 heterocycles.